The highest BCUT2D eigenvalue weighted by molar-refractivity contribution is 8.06. The molecule has 1 fully saturated rings. The van der Waals surface area contributed by atoms with Gasteiger partial charge in [0.1, 0.15) is 6.04 Å². The second kappa shape index (κ2) is 4.30. The van der Waals surface area contributed by atoms with E-state index in [4.69, 9.17) is 5.11 Å². The lowest BCUT2D eigenvalue weighted by Crippen LogP contribution is -2.42. The molecule has 1 N–H and O–H groups in total. The fourth-order valence-electron chi connectivity index (χ4n) is 1.66. The van der Waals surface area contributed by atoms with E-state index in [1.165, 1.54) is 0 Å². The van der Waals surface area contributed by atoms with Gasteiger partial charge in [0.25, 0.3) is 0 Å². The number of sulfone groups is 1. The minimum Gasteiger partial charge on any atom is -0.480 e. The number of aliphatic carboxylic acids is 1. The van der Waals surface area contributed by atoms with Crippen molar-refractivity contribution in [2.24, 2.45) is 0 Å². The molecule has 0 aliphatic carbocycles. The second-order valence-corrected chi connectivity index (χ2v) is 8.19. The second-order valence-electron chi connectivity index (χ2n) is 3.76. The molecule has 1 heterocycles. The van der Waals surface area contributed by atoms with Crippen molar-refractivity contribution in [2.45, 2.75) is 18.9 Å². The predicted octanol–water partition coefficient (Wildman–Crippen LogP) is -1.13. The topological polar surface area (TPSA) is 109 Å². The maximum Gasteiger partial charge on any atom is 0.322 e. The van der Waals surface area contributed by atoms with Gasteiger partial charge in [-0.2, -0.15) is 4.31 Å². The van der Waals surface area contributed by atoms with Gasteiger partial charge in [0.2, 0.25) is 10.0 Å². The van der Waals surface area contributed by atoms with Gasteiger partial charge in [-0.1, -0.05) is 0 Å². The van der Waals surface area contributed by atoms with Crippen molar-refractivity contribution in [3.8, 4) is 0 Å². The van der Waals surface area contributed by atoms with Crippen molar-refractivity contribution in [3.63, 3.8) is 0 Å². The predicted molar refractivity (Wildman–Crippen MR) is 56.0 cm³/mol. The Morgan fingerprint density at radius 2 is 1.94 bits per heavy atom. The first-order chi connectivity index (χ1) is 7.13. The summed E-state index contributed by atoms with van der Waals surface area (Å²) in [6, 6.07) is -1.13. The molecule has 0 unspecified atom stereocenters. The lowest BCUT2D eigenvalue weighted by Gasteiger charge is -2.20. The van der Waals surface area contributed by atoms with E-state index in [2.05, 4.69) is 0 Å². The summed E-state index contributed by atoms with van der Waals surface area (Å²) < 4.78 is 45.9. The van der Waals surface area contributed by atoms with E-state index >= 15 is 0 Å². The summed E-state index contributed by atoms with van der Waals surface area (Å²) in [6.07, 6.45) is 1.45. The lowest BCUT2D eigenvalue weighted by molar-refractivity contribution is -0.140. The zero-order valence-corrected chi connectivity index (χ0v) is 10.3. The highest BCUT2D eigenvalue weighted by Gasteiger charge is 2.39. The Morgan fingerprint density at radius 3 is 2.38 bits per heavy atom. The van der Waals surface area contributed by atoms with Crippen LogP contribution in [0.5, 0.6) is 0 Å². The molecule has 1 atom stereocenters. The summed E-state index contributed by atoms with van der Waals surface area (Å²) in [6.45, 7) is 0.0643. The number of nitrogens with zero attached hydrogens (tertiary/aromatic N) is 1. The van der Waals surface area contributed by atoms with Gasteiger partial charge in [-0.15, -0.1) is 0 Å². The summed E-state index contributed by atoms with van der Waals surface area (Å²) in [5, 5.41) is 7.75. The van der Waals surface area contributed by atoms with Crippen molar-refractivity contribution in [2.75, 3.05) is 17.9 Å². The van der Waals surface area contributed by atoms with Gasteiger partial charge in [0, 0.05) is 12.8 Å². The number of carboxylic acids is 1. The van der Waals surface area contributed by atoms with Gasteiger partial charge < -0.3 is 5.11 Å². The van der Waals surface area contributed by atoms with E-state index in [0.717, 1.165) is 10.6 Å². The molecule has 0 aromatic rings. The molecule has 1 aliphatic heterocycles. The number of hydrogen-bond acceptors (Lipinski definition) is 5. The first kappa shape index (κ1) is 13.4. The summed E-state index contributed by atoms with van der Waals surface area (Å²) in [5.74, 6) is -1.24. The minimum atomic E-state index is -4.05. The Morgan fingerprint density at radius 1 is 1.38 bits per heavy atom. The number of hydrogen-bond donors (Lipinski definition) is 1. The first-order valence-corrected chi connectivity index (χ1v) is 8.20. The van der Waals surface area contributed by atoms with Crippen LogP contribution in [0.1, 0.15) is 12.8 Å². The highest BCUT2D eigenvalue weighted by atomic mass is 32.3. The van der Waals surface area contributed by atoms with Crippen LogP contribution in [-0.2, 0) is 24.7 Å². The molecule has 0 aromatic carbocycles. The minimum absolute atomic E-state index is 0.0643. The third-order valence-corrected chi connectivity index (χ3v) is 6.26. The molecule has 16 heavy (non-hydrogen) atoms. The molecule has 0 amide bonds. The average molecular weight is 271 g/mol. The summed E-state index contributed by atoms with van der Waals surface area (Å²) >= 11 is 0. The maximum atomic E-state index is 11.6. The van der Waals surface area contributed by atoms with Crippen molar-refractivity contribution < 1.29 is 26.7 Å². The molecule has 0 bridgehead atoms. The Bertz CT molecular complexity index is 479. The van der Waals surface area contributed by atoms with E-state index in [0.29, 0.717) is 6.42 Å². The molecule has 1 saturated heterocycles. The van der Waals surface area contributed by atoms with Crippen LogP contribution in [0.3, 0.4) is 0 Å². The van der Waals surface area contributed by atoms with Crippen molar-refractivity contribution >= 4 is 25.8 Å². The SMILES string of the molecule is CS(=O)(=O)CS(=O)(=O)N1CCC[C@@H]1C(=O)O. The first-order valence-electron chi connectivity index (χ1n) is 4.53. The Hall–Kier alpha value is -0.670. The molecule has 1 aliphatic rings. The van der Waals surface area contributed by atoms with Crippen LogP contribution < -0.4 is 0 Å². The molecular formula is C7H13NO6S2. The van der Waals surface area contributed by atoms with Gasteiger partial charge in [-0.05, 0) is 12.8 Å². The van der Waals surface area contributed by atoms with Gasteiger partial charge in [0.15, 0.2) is 14.9 Å². The molecule has 0 aromatic heterocycles. The van der Waals surface area contributed by atoms with Crippen LogP contribution in [0, 0.1) is 0 Å². The molecule has 0 spiro atoms. The van der Waals surface area contributed by atoms with Crippen LogP contribution in [-0.4, -0.2) is 56.1 Å². The van der Waals surface area contributed by atoms with Gasteiger partial charge in [0.05, 0.1) is 0 Å². The monoisotopic (exact) mass is 271 g/mol. The molecule has 9 heteroatoms. The molecule has 0 radical (unpaired) electrons. The van der Waals surface area contributed by atoms with E-state index in [1.54, 1.807) is 0 Å². The quantitative estimate of drug-likeness (QED) is 0.692. The Kier molecular flexibility index (Phi) is 3.60. The van der Waals surface area contributed by atoms with Crippen LogP contribution >= 0.6 is 0 Å². The van der Waals surface area contributed by atoms with Crippen molar-refractivity contribution in [1.29, 1.82) is 0 Å². The summed E-state index contributed by atoms with van der Waals surface area (Å²) in [7, 11) is -7.74. The van der Waals surface area contributed by atoms with E-state index in [-0.39, 0.29) is 13.0 Å². The van der Waals surface area contributed by atoms with E-state index < -0.39 is 37.0 Å². The standard InChI is InChI=1S/C7H13NO6S2/c1-15(11,12)5-16(13,14)8-4-2-3-6(8)7(9)10/h6H,2-5H2,1H3,(H,9,10)/t6-/m1/s1. The average Bonchev–Trinajstić information content (AvgIpc) is 2.45. The number of carbonyl (C=O) groups is 1. The molecule has 94 valence electrons. The highest BCUT2D eigenvalue weighted by Crippen LogP contribution is 2.22. The van der Waals surface area contributed by atoms with Gasteiger partial charge in [-0.3, -0.25) is 4.79 Å². The Balaban J connectivity index is 2.96. The third kappa shape index (κ3) is 3.16. The number of rotatable bonds is 4. The zero-order valence-electron chi connectivity index (χ0n) is 8.66. The van der Waals surface area contributed by atoms with E-state index in [9.17, 15) is 21.6 Å². The molecular weight excluding hydrogens is 258 g/mol. The number of carboxylic acid groups (broad SMARTS) is 1. The fraction of sp³-hybridized carbons (Fsp3) is 0.857. The fourth-order valence-corrected chi connectivity index (χ4v) is 5.35. The third-order valence-electron chi connectivity index (χ3n) is 2.21. The Labute approximate surface area is 94.0 Å². The van der Waals surface area contributed by atoms with Crippen LogP contribution in [0.4, 0.5) is 0 Å². The van der Waals surface area contributed by atoms with Crippen LogP contribution in [0.2, 0.25) is 0 Å². The summed E-state index contributed by atoms with van der Waals surface area (Å²) in [5.41, 5.74) is 0. The van der Waals surface area contributed by atoms with Gasteiger partial charge >= 0.3 is 5.97 Å². The normalized spacial score (nSPS) is 23.4. The van der Waals surface area contributed by atoms with Gasteiger partial charge in [-0.25, -0.2) is 16.8 Å². The van der Waals surface area contributed by atoms with Crippen LogP contribution in [0.15, 0.2) is 0 Å². The molecule has 7 nitrogen and oxygen atoms in total. The smallest absolute Gasteiger partial charge is 0.322 e. The van der Waals surface area contributed by atoms with E-state index in [1.807, 2.05) is 0 Å². The summed E-state index contributed by atoms with van der Waals surface area (Å²) in [4.78, 5) is 10.8. The zero-order chi connectivity index (χ0) is 12.6. The van der Waals surface area contributed by atoms with Crippen molar-refractivity contribution in [1.82, 2.24) is 4.31 Å². The molecule has 1 rings (SSSR count). The maximum absolute atomic E-state index is 11.6. The molecule has 0 saturated carbocycles. The van der Waals surface area contributed by atoms with Crippen LogP contribution in [0.25, 0.3) is 0 Å². The largest absolute Gasteiger partial charge is 0.480 e. The van der Waals surface area contributed by atoms with Crippen molar-refractivity contribution in [3.05, 3.63) is 0 Å². The lowest BCUT2D eigenvalue weighted by atomic mass is 10.2. The number of sulfonamides is 1.